The highest BCUT2D eigenvalue weighted by Gasteiger charge is 2.18. The molecule has 0 bridgehead atoms. The van der Waals surface area contributed by atoms with Crippen molar-refractivity contribution in [1.29, 1.82) is 0 Å². The third-order valence-corrected chi connectivity index (χ3v) is 1.93. The van der Waals surface area contributed by atoms with Gasteiger partial charge in [-0.05, 0) is 12.1 Å². The number of benzene rings is 1. The van der Waals surface area contributed by atoms with Crippen molar-refractivity contribution in [2.45, 2.75) is 6.92 Å². The van der Waals surface area contributed by atoms with Crippen LogP contribution in [0, 0.1) is 5.82 Å². The Bertz CT molecular complexity index is 434. The van der Waals surface area contributed by atoms with E-state index in [0.717, 1.165) is 0 Å². The standard InChI is InChI=1S/C9H7ClFNO3/c1-4(13)12-6-3-2-5(10)7(8(6)11)9(14)15/h2-3H,1H3,(H,12,13)(H,14,15). The van der Waals surface area contributed by atoms with Gasteiger partial charge in [0.1, 0.15) is 5.56 Å². The van der Waals surface area contributed by atoms with Crippen molar-refractivity contribution in [2.24, 2.45) is 0 Å². The highest BCUT2D eigenvalue weighted by atomic mass is 35.5. The Morgan fingerprint density at radius 3 is 2.53 bits per heavy atom. The first-order chi connectivity index (χ1) is 6.93. The van der Waals surface area contributed by atoms with Gasteiger partial charge in [-0.2, -0.15) is 0 Å². The molecule has 0 aliphatic carbocycles. The highest BCUT2D eigenvalue weighted by molar-refractivity contribution is 6.33. The summed E-state index contributed by atoms with van der Waals surface area (Å²) in [5, 5.41) is 10.6. The van der Waals surface area contributed by atoms with E-state index in [1.54, 1.807) is 0 Å². The Hall–Kier alpha value is -1.62. The van der Waals surface area contributed by atoms with Gasteiger partial charge < -0.3 is 10.4 Å². The first kappa shape index (κ1) is 11.5. The molecule has 0 aliphatic rings. The molecule has 2 N–H and O–H groups in total. The molecular formula is C9H7ClFNO3. The molecule has 0 saturated carbocycles. The SMILES string of the molecule is CC(=O)Nc1ccc(Cl)c(C(=O)O)c1F. The van der Waals surface area contributed by atoms with E-state index in [9.17, 15) is 14.0 Å². The molecule has 0 fully saturated rings. The first-order valence-electron chi connectivity index (χ1n) is 3.92. The fourth-order valence-corrected chi connectivity index (χ4v) is 1.26. The van der Waals surface area contributed by atoms with E-state index >= 15 is 0 Å². The van der Waals surface area contributed by atoms with E-state index < -0.39 is 23.3 Å². The van der Waals surface area contributed by atoms with Crippen molar-refractivity contribution >= 4 is 29.2 Å². The summed E-state index contributed by atoms with van der Waals surface area (Å²) in [7, 11) is 0. The Labute approximate surface area is 89.7 Å². The van der Waals surface area contributed by atoms with Crippen molar-refractivity contribution in [2.75, 3.05) is 5.32 Å². The summed E-state index contributed by atoms with van der Waals surface area (Å²) < 4.78 is 13.5. The van der Waals surface area contributed by atoms with Gasteiger partial charge in [0.05, 0.1) is 10.7 Å². The number of amides is 1. The lowest BCUT2D eigenvalue weighted by molar-refractivity contribution is -0.114. The number of carboxylic acid groups (broad SMARTS) is 1. The average molecular weight is 232 g/mol. The summed E-state index contributed by atoms with van der Waals surface area (Å²) in [5.74, 6) is -3.03. The van der Waals surface area contributed by atoms with Gasteiger partial charge in [-0.15, -0.1) is 0 Å². The van der Waals surface area contributed by atoms with Crippen molar-refractivity contribution in [3.8, 4) is 0 Å². The van der Waals surface area contributed by atoms with Gasteiger partial charge in [0.2, 0.25) is 5.91 Å². The van der Waals surface area contributed by atoms with Crippen LogP contribution < -0.4 is 5.32 Å². The Morgan fingerprint density at radius 2 is 2.07 bits per heavy atom. The maximum absolute atomic E-state index is 13.5. The maximum Gasteiger partial charge on any atom is 0.340 e. The van der Waals surface area contributed by atoms with E-state index in [4.69, 9.17) is 16.7 Å². The van der Waals surface area contributed by atoms with E-state index in [1.165, 1.54) is 19.1 Å². The van der Waals surface area contributed by atoms with Crippen LogP contribution in [0.5, 0.6) is 0 Å². The van der Waals surface area contributed by atoms with Crippen LogP contribution in [0.3, 0.4) is 0 Å². The van der Waals surface area contributed by atoms with E-state index in [1.807, 2.05) is 0 Å². The molecule has 0 heterocycles. The molecule has 80 valence electrons. The Morgan fingerprint density at radius 1 is 1.47 bits per heavy atom. The number of aromatic carboxylic acids is 1. The third-order valence-electron chi connectivity index (χ3n) is 1.62. The zero-order chi connectivity index (χ0) is 11.6. The minimum Gasteiger partial charge on any atom is -0.478 e. The van der Waals surface area contributed by atoms with Gasteiger partial charge in [-0.1, -0.05) is 11.6 Å². The number of hydrogen-bond donors (Lipinski definition) is 2. The number of carbonyl (C=O) groups excluding carboxylic acids is 1. The van der Waals surface area contributed by atoms with E-state index in [-0.39, 0.29) is 10.7 Å². The molecule has 0 saturated heterocycles. The summed E-state index contributed by atoms with van der Waals surface area (Å²) in [6.07, 6.45) is 0. The predicted octanol–water partition coefficient (Wildman–Crippen LogP) is 2.14. The molecular weight excluding hydrogens is 225 g/mol. The van der Waals surface area contributed by atoms with Crippen LogP contribution in [0.25, 0.3) is 0 Å². The molecule has 0 atom stereocenters. The maximum atomic E-state index is 13.5. The molecule has 0 radical (unpaired) electrons. The predicted molar refractivity (Wildman–Crippen MR) is 52.7 cm³/mol. The number of anilines is 1. The van der Waals surface area contributed by atoms with Crippen molar-refractivity contribution in [3.05, 3.63) is 28.5 Å². The molecule has 0 unspecified atom stereocenters. The minimum absolute atomic E-state index is 0.204. The lowest BCUT2D eigenvalue weighted by Gasteiger charge is -2.07. The monoisotopic (exact) mass is 231 g/mol. The van der Waals surface area contributed by atoms with Crippen LogP contribution in [0.2, 0.25) is 5.02 Å². The van der Waals surface area contributed by atoms with Crippen molar-refractivity contribution in [3.63, 3.8) is 0 Å². The molecule has 1 amide bonds. The molecule has 4 nitrogen and oxygen atoms in total. The van der Waals surface area contributed by atoms with Gasteiger partial charge in [0, 0.05) is 6.92 Å². The van der Waals surface area contributed by atoms with E-state index in [0.29, 0.717) is 0 Å². The van der Waals surface area contributed by atoms with Gasteiger partial charge in [0.15, 0.2) is 5.82 Å². The van der Waals surface area contributed by atoms with Crippen LogP contribution in [0.4, 0.5) is 10.1 Å². The number of hydrogen-bond acceptors (Lipinski definition) is 2. The number of rotatable bonds is 2. The molecule has 15 heavy (non-hydrogen) atoms. The lowest BCUT2D eigenvalue weighted by Crippen LogP contribution is -2.11. The van der Waals surface area contributed by atoms with Crippen LogP contribution in [-0.2, 0) is 4.79 Å². The van der Waals surface area contributed by atoms with E-state index in [2.05, 4.69) is 5.32 Å². The van der Waals surface area contributed by atoms with Crippen LogP contribution in [0.15, 0.2) is 12.1 Å². The quantitative estimate of drug-likeness (QED) is 0.820. The Kier molecular flexibility index (Phi) is 3.26. The van der Waals surface area contributed by atoms with Crippen molar-refractivity contribution in [1.82, 2.24) is 0 Å². The zero-order valence-corrected chi connectivity index (χ0v) is 8.43. The molecule has 0 spiro atoms. The second kappa shape index (κ2) is 4.27. The molecule has 0 aliphatic heterocycles. The van der Waals surface area contributed by atoms with Gasteiger partial charge >= 0.3 is 5.97 Å². The molecule has 1 aromatic carbocycles. The molecule has 1 rings (SSSR count). The lowest BCUT2D eigenvalue weighted by atomic mass is 10.2. The second-order valence-corrected chi connectivity index (χ2v) is 3.18. The van der Waals surface area contributed by atoms with Crippen LogP contribution in [0.1, 0.15) is 17.3 Å². The molecule has 6 heteroatoms. The summed E-state index contributed by atoms with van der Waals surface area (Å²) in [6, 6.07) is 2.41. The number of carboxylic acids is 1. The highest BCUT2D eigenvalue weighted by Crippen LogP contribution is 2.25. The smallest absolute Gasteiger partial charge is 0.340 e. The van der Waals surface area contributed by atoms with Crippen LogP contribution in [-0.4, -0.2) is 17.0 Å². The van der Waals surface area contributed by atoms with Gasteiger partial charge in [-0.25, -0.2) is 9.18 Å². The first-order valence-corrected chi connectivity index (χ1v) is 4.30. The summed E-state index contributed by atoms with van der Waals surface area (Å²) >= 11 is 5.50. The van der Waals surface area contributed by atoms with Gasteiger partial charge in [0.25, 0.3) is 0 Å². The third kappa shape index (κ3) is 2.44. The number of nitrogens with one attached hydrogen (secondary N) is 1. The largest absolute Gasteiger partial charge is 0.478 e. The summed E-state index contributed by atoms with van der Waals surface area (Å²) in [6.45, 7) is 1.19. The fourth-order valence-electron chi connectivity index (χ4n) is 1.03. The fraction of sp³-hybridized carbons (Fsp3) is 0.111. The summed E-state index contributed by atoms with van der Waals surface area (Å²) in [5.41, 5.74) is -0.854. The Balaban J connectivity index is 3.28. The number of halogens is 2. The molecule has 1 aromatic rings. The second-order valence-electron chi connectivity index (χ2n) is 2.77. The van der Waals surface area contributed by atoms with Crippen LogP contribution >= 0.6 is 11.6 Å². The van der Waals surface area contributed by atoms with Crippen molar-refractivity contribution < 1.29 is 19.1 Å². The molecule has 0 aromatic heterocycles. The number of carbonyl (C=O) groups is 2. The summed E-state index contributed by atoms with van der Waals surface area (Å²) in [4.78, 5) is 21.3. The van der Waals surface area contributed by atoms with Gasteiger partial charge in [-0.3, -0.25) is 4.79 Å². The zero-order valence-electron chi connectivity index (χ0n) is 7.67. The minimum atomic E-state index is -1.48. The normalized spacial score (nSPS) is 9.80. The topological polar surface area (TPSA) is 66.4 Å². The average Bonchev–Trinajstić information content (AvgIpc) is 2.09.